The summed E-state index contributed by atoms with van der Waals surface area (Å²) in [5.74, 6) is 0. The average Bonchev–Trinajstić information content (AvgIpc) is 3.06. The van der Waals surface area contributed by atoms with E-state index in [1.165, 1.54) is 16.8 Å². The Labute approximate surface area is 171 Å². The van der Waals surface area contributed by atoms with Gasteiger partial charge in [0.25, 0.3) is 0 Å². The number of nitrogens with zero attached hydrogens (tertiary/aromatic N) is 2. The van der Waals surface area contributed by atoms with E-state index in [2.05, 4.69) is 86.0 Å². The van der Waals surface area contributed by atoms with Gasteiger partial charge in [0.2, 0.25) is 0 Å². The molecule has 0 aliphatic carbocycles. The van der Waals surface area contributed by atoms with Crippen LogP contribution < -0.4 is 0 Å². The Balaban J connectivity index is 2.04. The molecule has 1 aromatic heterocycles. The molecule has 0 amide bonds. The van der Waals surface area contributed by atoms with E-state index in [4.69, 9.17) is 0 Å². The SMILES string of the molecule is C=CCC[C@@H](O)CN(CC=C)Cc1cccn1Cc1ccc(C(C)(C)C)cc1. The lowest BCUT2D eigenvalue weighted by molar-refractivity contribution is 0.107. The molecule has 0 saturated heterocycles. The summed E-state index contributed by atoms with van der Waals surface area (Å²) >= 11 is 0. The van der Waals surface area contributed by atoms with Crippen molar-refractivity contribution < 1.29 is 5.11 Å². The molecule has 0 aliphatic heterocycles. The third-order valence-electron chi connectivity index (χ3n) is 5.04. The number of aliphatic hydroxyl groups excluding tert-OH is 1. The second kappa shape index (κ2) is 10.4. The Hall–Kier alpha value is -2.10. The molecular formula is C25H36N2O. The normalized spacial score (nSPS) is 12.9. The molecule has 3 nitrogen and oxygen atoms in total. The van der Waals surface area contributed by atoms with Crippen LogP contribution in [0.5, 0.6) is 0 Å². The number of hydrogen-bond donors (Lipinski definition) is 1. The summed E-state index contributed by atoms with van der Waals surface area (Å²) in [6.07, 6.45) is 7.14. The molecular weight excluding hydrogens is 344 g/mol. The van der Waals surface area contributed by atoms with Crippen LogP contribution in [0.1, 0.15) is 50.4 Å². The smallest absolute Gasteiger partial charge is 0.0670 e. The maximum absolute atomic E-state index is 10.3. The van der Waals surface area contributed by atoms with Crippen LogP contribution in [0.3, 0.4) is 0 Å². The Morgan fingerprint density at radius 2 is 1.82 bits per heavy atom. The zero-order valence-electron chi connectivity index (χ0n) is 17.8. The van der Waals surface area contributed by atoms with E-state index in [1.54, 1.807) is 0 Å². The first-order valence-electron chi connectivity index (χ1n) is 10.2. The molecule has 28 heavy (non-hydrogen) atoms. The molecule has 2 aromatic rings. The fourth-order valence-electron chi connectivity index (χ4n) is 3.37. The van der Waals surface area contributed by atoms with Crippen LogP contribution in [0.15, 0.2) is 67.9 Å². The van der Waals surface area contributed by atoms with Crippen molar-refractivity contribution >= 4 is 0 Å². The van der Waals surface area contributed by atoms with Crippen LogP contribution in [0.4, 0.5) is 0 Å². The molecule has 1 heterocycles. The minimum atomic E-state index is -0.341. The van der Waals surface area contributed by atoms with E-state index in [-0.39, 0.29) is 11.5 Å². The van der Waals surface area contributed by atoms with Crippen LogP contribution in [-0.2, 0) is 18.5 Å². The maximum atomic E-state index is 10.3. The van der Waals surface area contributed by atoms with E-state index in [1.807, 2.05) is 12.2 Å². The van der Waals surface area contributed by atoms with Gasteiger partial charge < -0.3 is 9.67 Å². The van der Waals surface area contributed by atoms with Gasteiger partial charge in [0, 0.05) is 38.1 Å². The number of benzene rings is 1. The lowest BCUT2D eigenvalue weighted by atomic mass is 9.87. The van der Waals surface area contributed by atoms with Crippen molar-refractivity contribution in [2.45, 2.75) is 58.2 Å². The van der Waals surface area contributed by atoms with Crippen molar-refractivity contribution in [3.05, 3.63) is 84.7 Å². The highest BCUT2D eigenvalue weighted by Crippen LogP contribution is 2.22. The molecule has 0 aliphatic rings. The van der Waals surface area contributed by atoms with E-state index in [0.29, 0.717) is 6.54 Å². The standard InChI is InChI=1S/C25H36N2O/c1-6-8-11-24(28)20-26(16-7-2)19-23-10-9-17-27(23)18-21-12-14-22(15-13-21)25(3,4)5/h6-7,9-10,12-15,17,24,28H,1-2,8,11,16,18-20H2,3-5H3/t24-/m1/s1. The number of hydrogen-bond acceptors (Lipinski definition) is 2. The van der Waals surface area contributed by atoms with Gasteiger partial charge in [0.1, 0.15) is 0 Å². The predicted molar refractivity (Wildman–Crippen MR) is 120 cm³/mol. The Morgan fingerprint density at radius 1 is 1.11 bits per heavy atom. The third kappa shape index (κ3) is 6.81. The minimum Gasteiger partial charge on any atom is -0.392 e. The topological polar surface area (TPSA) is 28.4 Å². The zero-order valence-corrected chi connectivity index (χ0v) is 17.8. The first kappa shape index (κ1) is 22.2. The van der Waals surface area contributed by atoms with Gasteiger partial charge in [-0.05, 0) is 41.5 Å². The maximum Gasteiger partial charge on any atom is 0.0670 e. The van der Waals surface area contributed by atoms with Gasteiger partial charge in [0.15, 0.2) is 0 Å². The summed E-state index contributed by atoms with van der Waals surface area (Å²) in [5, 5.41) is 10.3. The molecule has 0 saturated carbocycles. The van der Waals surface area contributed by atoms with Crippen molar-refractivity contribution in [2.75, 3.05) is 13.1 Å². The van der Waals surface area contributed by atoms with Crippen molar-refractivity contribution in [1.82, 2.24) is 9.47 Å². The molecule has 3 heteroatoms. The van der Waals surface area contributed by atoms with E-state index in [0.717, 1.165) is 32.5 Å². The number of aliphatic hydroxyl groups is 1. The van der Waals surface area contributed by atoms with E-state index < -0.39 is 0 Å². The first-order valence-corrected chi connectivity index (χ1v) is 10.2. The molecule has 0 spiro atoms. The van der Waals surface area contributed by atoms with Crippen molar-refractivity contribution in [3.8, 4) is 0 Å². The van der Waals surface area contributed by atoms with E-state index in [9.17, 15) is 5.11 Å². The highest BCUT2D eigenvalue weighted by molar-refractivity contribution is 5.28. The summed E-state index contributed by atoms with van der Waals surface area (Å²) in [4.78, 5) is 2.25. The lowest BCUT2D eigenvalue weighted by Gasteiger charge is -2.24. The summed E-state index contributed by atoms with van der Waals surface area (Å²) in [5.41, 5.74) is 4.08. The molecule has 0 unspecified atom stereocenters. The highest BCUT2D eigenvalue weighted by Gasteiger charge is 2.14. The largest absolute Gasteiger partial charge is 0.392 e. The van der Waals surface area contributed by atoms with E-state index >= 15 is 0 Å². The Kier molecular flexibility index (Phi) is 8.28. The lowest BCUT2D eigenvalue weighted by Crippen LogP contribution is -2.33. The third-order valence-corrected chi connectivity index (χ3v) is 5.04. The molecule has 0 radical (unpaired) electrons. The van der Waals surface area contributed by atoms with Crippen LogP contribution in [0.2, 0.25) is 0 Å². The van der Waals surface area contributed by atoms with Gasteiger partial charge in [-0.15, -0.1) is 13.2 Å². The second-order valence-corrected chi connectivity index (χ2v) is 8.58. The zero-order chi connectivity index (χ0) is 20.6. The molecule has 0 bridgehead atoms. The van der Waals surface area contributed by atoms with Crippen molar-refractivity contribution in [3.63, 3.8) is 0 Å². The number of allylic oxidation sites excluding steroid dienone is 1. The quantitative estimate of drug-likeness (QED) is 0.546. The van der Waals surface area contributed by atoms with Gasteiger partial charge in [-0.25, -0.2) is 0 Å². The van der Waals surface area contributed by atoms with Gasteiger partial charge >= 0.3 is 0 Å². The first-order chi connectivity index (χ1) is 13.3. The Morgan fingerprint density at radius 3 is 2.43 bits per heavy atom. The summed E-state index contributed by atoms with van der Waals surface area (Å²) in [7, 11) is 0. The molecule has 1 atom stereocenters. The van der Waals surface area contributed by atoms with Gasteiger partial charge in [-0.1, -0.05) is 57.2 Å². The Bertz CT molecular complexity index is 737. The van der Waals surface area contributed by atoms with Crippen LogP contribution >= 0.6 is 0 Å². The summed E-state index contributed by atoms with van der Waals surface area (Å²) < 4.78 is 2.29. The van der Waals surface area contributed by atoms with Crippen molar-refractivity contribution in [2.24, 2.45) is 0 Å². The monoisotopic (exact) mass is 380 g/mol. The predicted octanol–water partition coefficient (Wildman–Crippen LogP) is 5.15. The van der Waals surface area contributed by atoms with Crippen LogP contribution in [0.25, 0.3) is 0 Å². The highest BCUT2D eigenvalue weighted by atomic mass is 16.3. The minimum absolute atomic E-state index is 0.175. The molecule has 2 rings (SSSR count). The number of aromatic nitrogens is 1. The molecule has 1 N–H and O–H groups in total. The van der Waals surface area contributed by atoms with Crippen LogP contribution in [0, 0.1) is 0 Å². The molecule has 1 aromatic carbocycles. The number of rotatable bonds is 11. The average molecular weight is 381 g/mol. The fraction of sp³-hybridized carbons (Fsp3) is 0.440. The molecule has 152 valence electrons. The fourth-order valence-corrected chi connectivity index (χ4v) is 3.37. The van der Waals surface area contributed by atoms with Crippen molar-refractivity contribution in [1.29, 1.82) is 0 Å². The molecule has 0 fully saturated rings. The van der Waals surface area contributed by atoms with Gasteiger partial charge in [-0.2, -0.15) is 0 Å². The van der Waals surface area contributed by atoms with Gasteiger partial charge in [0.05, 0.1) is 6.10 Å². The van der Waals surface area contributed by atoms with Gasteiger partial charge in [-0.3, -0.25) is 4.90 Å². The summed E-state index contributed by atoms with van der Waals surface area (Å²) in [6, 6.07) is 13.2. The second-order valence-electron chi connectivity index (χ2n) is 8.58. The van der Waals surface area contributed by atoms with Crippen LogP contribution in [-0.4, -0.2) is 33.8 Å². The summed E-state index contributed by atoms with van der Waals surface area (Å²) in [6.45, 7) is 17.4.